The molecule has 0 bridgehead atoms. The highest BCUT2D eigenvalue weighted by Crippen LogP contribution is 2.38. The predicted octanol–water partition coefficient (Wildman–Crippen LogP) is 3.89. The van der Waals surface area contributed by atoms with Gasteiger partial charge in [0.1, 0.15) is 5.60 Å². The Hall–Kier alpha value is -1.53. The third-order valence-electron chi connectivity index (χ3n) is 5.74. The molecular formula is C21H32BNO4. The molecule has 2 aliphatic rings. The molecule has 1 amide bonds. The van der Waals surface area contributed by atoms with Gasteiger partial charge in [0.15, 0.2) is 0 Å². The summed E-state index contributed by atoms with van der Waals surface area (Å²) in [6.07, 6.45) is 2.49. The van der Waals surface area contributed by atoms with Crippen LogP contribution in [-0.4, -0.2) is 30.0 Å². The van der Waals surface area contributed by atoms with Gasteiger partial charge >= 0.3 is 13.2 Å². The number of amides is 1. The quantitative estimate of drug-likeness (QED) is 0.800. The van der Waals surface area contributed by atoms with Crippen molar-refractivity contribution < 1.29 is 18.8 Å². The van der Waals surface area contributed by atoms with E-state index in [0.717, 1.165) is 30.3 Å². The van der Waals surface area contributed by atoms with E-state index < -0.39 is 5.60 Å². The van der Waals surface area contributed by atoms with Crippen molar-refractivity contribution in [3.63, 3.8) is 0 Å². The van der Waals surface area contributed by atoms with Crippen molar-refractivity contribution in [3.05, 3.63) is 29.3 Å². The molecule has 1 aromatic rings. The molecule has 5 nitrogen and oxygen atoms in total. The fraction of sp³-hybridized carbons (Fsp3) is 0.667. The van der Waals surface area contributed by atoms with Crippen molar-refractivity contribution >= 4 is 18.7 Å². The second-order valence-corrected chi connectivity index (χ2v) is 9.59. The molecule has 0 aromatic heterocycles. The molecule has 0 saturated carbocycles. The van der Waals surface area contributed by atoms with Gasteiger partial charge in [-0.2, -0.15) is 0 Å². The lowest BCUT2D eigenvalue weighted by atomic mass is 9.71. The average molecular weight is 373 g/mol. The van der Waals surface area contributed by atoms with E-state index in [9.17, 15) is 4.79 Å². The molecule has 1 fully saturated rings. The Bertz CT molecular complexity index is 707. The van der Waals surface area contributed by atoms with Crippen LogP contribution in [0, 0.1) is 0 Å². The fourth-order valence-electron chi connectivity index (χ4n) is 3.67. The summed E-state index contributed by atoms with van der Waals surface area (Å²) in [6.45, 7) is 13.9. The highest BCUT2D eigenvalue weighted by atomic mass is 16.7. The maximum absolute atomic E-state index is 12.3. The number of alkyl carbamates (subject to hydrolysis) is 1. The zero-order valence-corrected chi connectivity index (χ0v) is 17.6. The van der Waals surface area contributed by atoms with Gasteiger partial charge < -0.3 is 19.4 Å². The first kappa shape index (κ1) is 20.2. The van der Waals surface area contributed by atoms with Crippen molar-refractivity contribution in [2.45, 2.75) is 90.6 Å². The minimum atomic E-state index is -0.508. The number of rotatable bonds is 2. The van der Waals surface area contributed by atoms with Crippen LogP contribution in [0.1, 0.15) is 78.5 Å². The predicted molar refractivity (Wildman–Crippen MR) is 107 cm³/mol. The van der Waals surface area contributed by atoms with Crippen LogP contribution in [0.5, 0.6) is 0 Å². The number of fused-ring (bicyclic) bond motifs is 1. The molecule has 1 heterocycles. The minimum absolute atomic E-state index is 0.0500. The first-order valence-electron chi connectivity index (χ1n) is 9.86. The first-order chi connectivity index (χ1) is 12.4. The maximum Gasteiger partial charge on any atom is 0.495 e. The highest BCUT2D eigenvalue weighted by Gasteiger charge is 2.52. The summed E-state index contributed by atoms with van der Waals surface area (Å²) in [6, 6.07) is 6.14. The van der Waals surface area contributed by atoms with E-state index in [-0.39, 0.29) is 30.5 Å². The summed E-state index contributed by atoms with van der Waals surface area (Å²) in [5, 5.41) is 3.04. The summed E-state index contributed by atoms with van der Waals surface area (Å²) in [5.74, 6) is 0. The van der Waals surface area contributed by atoms with Crippen molar-refractivity contribution in [2.24, 2.45) is 0 Å². The van der Waals surface area contributed by atoms with Crippen molar-refractivity contribution in [3.8, 4) is 0 Å². The molecule has 1 aromatic carbocycles. The largest absolute Gasteiger partial charge is 0.495 e. The maximum atomic E-state index is 12.3. The van der Waals surface area contributed by atoms with Gasteiger partial charge in [-0.1, -0.05) is 18.2 Å². The normalized spacial score (nSPS) is 23.7. The van der Waals surface area contributed by atoms with Crippen LogP contribution in [0.4, 0.5) is 4.79 Å². The smallest absolute Gasteiger partial charge is 0.444 e. The van der Waals surface area contributed by atoms with Crippen LogP contribution in [0.15, 0.2) is 18.2 Å². The van der Waals surface area contributed by atoms with Gasteiger partial charge in [0, 0.05) is 0 Å². The second-order valence-electron chi connectivity index (χ2n) is 9.59. The number of hydrogen-bond acceptors (Lipinski definition) is 4. The molecule has 0 radical (unpaired) electrons. The minimum Gasteiger partial charge on any atom is -0.444 e. The van der Waals surface area contributed by atoms with E-state index in [1.165, 1.54) is 5.56 Å². The molecule has 1 N–H and O–H groups in total. The Morgan fingerprint density at radius 3 is 2.41 bits per heavy atom. The zero-order valence-electron chi connectivity index (χ0n) is 17.6. The van der Waals surface area contributed by atoms with Crippen LogP contribution in [-0.2, 0) is 20.5 Å². The Labute approximate surface area is 163 Å². The van der Waals surface area contributed by atoms with Gasteiger partial charge in [-0.25, -0.2) is 4.79 Å². The number of carbonyl (C=O) groups is 1. The Kier molecular flexibility index (Phi) is 5.11. The summed E-state index contributed by atoms with van der Waals surface area (Å²) >= 11 is 0. The van der Waals surface area contributed by atoms with E-state index in [0.29, 0.717) is 0 Å². The van der Waals surface area contributed by atoms with Gasteiger partial charge in [-0.3, -0.25) is 0 Å². The first-order valence-corrected chi connectivity index (χ1v) is 9.86. The monoisotopic (exact) mass is 373 g/mol. The summed E-state index contributed by atoms with van der Waals surface area (Å²) in [5.41, 5.74) is 2.18. The topological polar surface area (TPSA) is 56.8 Å². The Balaban J connectivity index is 1.85. The molecule has 0 spiro atoms. The highest BCUT2D eigenvalue weighted by molar-refractivity contribution is 6.62. The van der Waals surface area contributed by atoms with E-state index in [1.807, 2.05) is 26.8 Å². The molecule has 1 aliphatic heterocycles. The van der Waals surface area contributed by atoms with Crippen LogP contribution >= 0.6 is 0 Å². The number of benzene rings is 1. The molecule has 27 heavy (non-hydrogen) atoms. The number of nitrogens with one attached hydrogen (secondary N) is 1. The Morgan fingerprint density at radius 2 is 1.81 bits per heavy atom. The average Bonchev–Trinajstić information content (AvgIpc) is 2.73. The van der Waals surface area contributed by atoms with Crippen LogP contribution < -0.4 is 10.8 Å². The SMILES string of the molecule is CC(C)(C)OC(=O)NC1CCCc2c(B3OC(C)(C)C(C)(C)O3)cccc21. The van der Waals surface area contributed by atoms with E-state index in [2.05, 4.69) is 45.1 Å². The van der Waals surface area contributed by atoms with Crippen molar-refractivity contribution in [1.29, 1.82) is 0 Å². The van der Waals surface area contributed by atoms with Crippen molar-refractivity contribution in [1.82, 2.24) is 5.32 Å². The van der Waals surface area contributed by atoms with Crippen LogP contribution in [0.25, 0.3) is 0 Å². The van der Waals surface area contributed by atoms with Gasteiger partial charge in [0.2, 0.25) is 0 Å². The fourth-order valence-corrected chi connectivity index (χ4v) is 3.67. The molecular weight excluding hydrogens is 341 g/mol. The lowest BCUT2D eigenvalue weighted by Crippen LogP contribution is -2.41. The van der Waals surface area contributed by atoms with Gasteiger partial charge in [-0.05, 0) is 84.3 Å². The second kappa shape index (κ2) is 6.82. The molecule has 1 atom stereocenters. The van der Waals surface area contributed by atoms with Gasteiger partial charge in [-0.15, -0.1) is 0 Å². The van der Waals surface area contributed by atoms with Crippen molar-refractivity contribution in [2.75, 3.05) is 0 Å². The molecule has 1 saturated heterocycles. The third kappa shape index (κ3) is 4.17. The summed E-state index contributed by atoms with van der Waals surface area (Å²) in [4.78, 5) is 12.3. The number of ether oxygens (including phenoxy) is 1. The van der Waals surface area contributed by atoms with Gasteiger partial charge in [0.05, 0.1) is 17.2 Å². The standard InChI is InChI=1S/C21H32BNO4/c1-19(2,3)25-18(24)23-17-13-9-10-14-15(17)11-8-12-16(14)22-26-20(4,5)21(6,7)27-22/h8,11-12,17H,9-10,13H2,1-7H3,(H,23,24). The summed E-state index contributed by atoms with van der Waals surface area (Å²) in [7, 11) is -0.384. The Morgan fingerprint density at radius 1 is 1.19 bits per heavy atom. The van der Waals surface area contributed by atoms with E-state index in [4.69, 9.17) is 14.0 Å². The number of carbonyl (C=O) groups excluding carboxylic acids is 1. The summed E-state index contributed by atoms with van der Waals surface area (Å²) < 4.78 is 18.0. The molecule has 3 rings (SSSR count). The molecule has 1 aliphatic carbocycles. The molecule has 6 heteroatoms. The molecule has 1 unspecified atom stereocenters. The number of hydrogen-bond donors (Lipinski definition) is 1. The van der Waals surface area contributed by atoms with Gasteiger partial charge in [0.25, 0.3) is 0 Å². The lowest BCUT2D eigenvalue weighted by Gasteiger charge is -2.32. The third-order valence-corrected chi connectivity index (χ3v) is 5.74. The zero-order chi connectivity index (χ0) is 20.0. The van der Waals surface area contributed by atoms with Crippen LogP contribution in [0.2, 0.25) is 0 Å². The lowest BCUT2D eigenvalue weighted by molar-refractivity contribution is 0.00578. The van der Waals surface area contributed by atoms with E-state index in [1.54, 1.807) is 0 Å². The van der Waals surface area contributed by atoms with E-state index >= 15 is 0 Å². The molecule has 148 valence electrons. The van der Waals surface area contributed by atoms with Crippen LogP contribution in [0.3, 0.4) is 0 Å².